The highest BCUT2D eigenvalue weighted by molar-refractivity contribution is 6.18. The summed E-state index contributed by atoms with van der Waals surface area (Å²) in [4.78, 5) is 0. The van der Waals surface area contributed by atoms with Gasteiger partial charge in [0.1, 0.15) is 0 Å². The highest BCUT2D eigenvalue weighted by atomic mass is 35.5. The van der Waals surface area contributed by atoms with Crippen LogP contribution in [-0.4, -0.2) is 18.5 Å². The molecule has 13 heavy (non-hydrogen) atoms. The Morgan fingerprint density at radius 2 is 1.62 bits per heavy atom. The zero-order valence-corrected chi connectivity index (χ0v) is 10.7. The van der Waals surface area contributed by atoms with E-state index in [4.69, 9.17) is 11.6 Å². The van der Waals surface area contributed by atoms with Crippen LogP contribution >= 0.6 is 24.0 Å². The molecule has 0 aromatic rings. The Morgan fingerprint density at radius 3 is 1.92 bits per heavy atom. The third kappa shape index (κ3) is 10.5. The summed E-state index contributed by atoms with van der Waals surface area (Å²) in [6.45, 7) is 9.97. The van der Waals surface area contributed by atoms with Crippen molar-refractivity contribution in [3.63, 3.8) is 0 Å². The topological polar surface area (TPSA) is 12.0 Å². The molecule has 0 heterocycles. The summed E-state index contributed by atoms with van der Waals surface area (Å²) in [5.41, 5.74) is 0. The molecule has 0 aromatic heterocycles. The van der Waals surface area contributed by atoms with E-state index in [9.17, 15) is 0 Å². The first-order valence-corrected chi connectivity index (χ1v) is 5.39. The molecule has 0 bridgehead atoms. The molecule has 1 atom stereocenters. The average molecular weight is 228 g/mol. The maximum atomic E-state index is 5.83. The Balaban J connectivity index is 0. The Bertz CT molecular complexity index is 105. The minimum Gasteiger partial charge on any atom is -0.313 e. The van der Waals surface area contributed by atoms with E-state index in [-0.39, 0.29) is 12.4 Å². The summed E-state index contributed by atoms with van der Waals surface area (Å²) >= 11 is 5.83. The van der Waals surface area contributed by atoms with E-state index >= 15 is 0 Å². The Morgan fingerprint density at radius 1 is 1.08 bits per heavy atom. The highest BCUT2D eigenvalue weighted by Gasteiger charge is 2.08. The van der Waals surface area contributed by atoms with Crippen LogP contribution in [0.1, 0.15) is 34.1 Å². The van der Waals surface area contributed by atoms with Crippen molar-refractivity contribution in [1.29, 1.82) is 0 Å². The molecule has 0 amide bonds. The maximum absolute atomic E-state index is 5.83. The van der Waals surface area contributed by atoms with Crippen molar-refractivity contribution in [2.24, 2.45) is 11.8 Å². The zero-order valence-electron chi connectivity index (χ0n) is 9.14. The summed E-state index contributed by atoms with van der Waals surface area (Å²) in [6, 6.07) is 0.495. The monoisotopic (exact) mass is 227 g/mol. The molecule has 0 saturated heterocycles. The van der Waals surface area contributed by atoms with Gasteiger partial charge in [-0.1, -0.05) is 27.7 Å². The van der Waals surface area contributed by atoms with Gasteiger partial charge >= 0.3 is 0 Å². The van der Waals surface area contributed by atoms with Gasteiger partial charge in [-0.05, 0) is 24.8 Å². The first kappa shape index (κ1) is 16.0. The maximum Gasteiger partial charge on any atom is 0.0377 e. The second-order valence-electron chi connectivity index (χ2n) is 4.28. The van der Waals surface area contributed by atoms with Crippen molar-refractivity contribution >= 4 is 24.0 Å². The van der Waals surface area contributed by atoms with Gasteiger partial charge in [0.2, 0.25) is 0 Å². The Kier molecular flexibility index (Phi) is 11.2. The molecule has 0 aromatic carbocycles. The molecule has 0 aliphatic rings. The molecule has 0 spiro atoms. The van der Waals surface area contributed by atoms with Crippen LogP contribution in [0.4, 0.5) is 0 Å². The second-order valence-corrected chi connectivity index (χ2v) is 4.59. The summed E-state index contributed by atoms with van der Waals surface area (Å²) in [7, 11) is 0. The molecule has 0 aliphatic carbocycles. The summed E-state index contributed by atoms with van der Waals surface area (Å²) in [5.74, 6) is 2.17. The standard InChI is InChI=1S/C10H22ClN.ClH/c1-8(2)5-10(6-11)12-7-9(3)4;/h8-10,12H,5-7H2,1-4H3;1H/t10-;/m0./s1. The van der Waals surface area contributed by atoms with Crippen LogP contribution in [0.3, 0.4) is 0 Å². The van der Waals surface area contributed by atoms with Crippen molar-refractivity contribution in [2.75, 3.05) is 12.4 Å². The molecule has 82 valence electrons. The lowest BCUT2D eigenvalue weighted by Gasteiger charge is -2.19. The third-order valence-corrected chi connectivity index (χ3v) is 2.13. The first-order chi connectivity index (χ1) is 5.56. The zero-order chi connectivity index (χ0) is 9.56. The quantitative estimate of drug-likeness (QED) is 0.688. The van der Waals surface area contributed by atoms with E-state index in [1.807, 2.05) is 0 Å². The number of rotatable bonds is 6. The molecule has 1 nitrogen and oxygen atoms in total. The fraction of sp³-hybridized carbons (Fsp3) is 1.00. The predicted molar refractivity (Wildman–Crippen MR) is 64.1 cm³/mol. The normalized spacial score (nSPS) is 13.2. The molecule has 0 saturated carbocycles. The number of nitrogens with one attached hydrogen (secondary N) is 1. The van der Waals surface area contributed by atoms with Gasteiger partial charge in [0.05, 0.1) is 0 Å². The lowest BCUT2D eigenvalue weighted by Crippen LogP contribution is -2.34. The summed E-state index contributed by atoms with van der Waals surface area (Å²) in [6.07, 6.45) is 1.18. The minimum atomic E-state index is 0. The van der Waals surface area contributed by atoms with Crippen molar-refractivity contribution in [3.05, 3.63) is 0 Å². The highest BCUT2D eigenvalue weighted by Crippen LogP contribution is 2.06. The first-order valence-electron chi connectivity index (χ1n) is 4.85. The van der Waals surface area contributed by atoms with Crippen molar-refractivity contribution in [2.45, 2.75) is 40.2 Å². The Labute approximate surface area is 94.0 Å². The van der Waals surface area contributed by atoms with E-state index < -0.39 is 0 Å². The largest absolute Gasteiger partial charge is 0.313 e. The SMILES string of the molecule is CC(C)CN[C@H](CCl)CC(C)C.Cl. The van der Waals surface area contributed by atoms with Gasteiger partial charge < -0.3 is 5.32 Å². The van der Waals surface area contributed by atoms with E-state index in [1.54, 1.807) is 0 Å². The molecule has 0 aliphatic heterocycles. The van der Waals surface area contributed by atoms with Crippen LogP contribution < -0.4 is 5.32 Å². The number of hydrogen-bond donors (Lipinski definition) is 1. The van der Waals surface area contributed by atoms with Gasteiger partial charge in [-0.3, -0.25) is 0 Å². The van der Waals surface area contributed by atoms with E-state index in [0.717, 1.165) is 18.3 Å². The van der Waals surface area contributed by atoms with E-state index in [0.29, 0.717) is 12.0 Å². The summed E-state index contributed by atoms with van der Waals surface area (Å²) in [5, 5.41) is 3.47. The molecule has 0 rings (SSSR count). The van der Waals surface area contributed by atoms with Crippen LogP contribution in [0.2, 0.25) is 0 Å². The third-order valence-electron chi connectivity index (χ3n) is 1.76. The van der Waals surface area contributed by atoms with Crippen molar-refractivity contribution in [1.82, 2.24) is 5.32 Å². The van der Waals surface area contributed by atoms with Gasteiger partial charge in [0.15, 0.2) is 0 Å². The summed E-state index contributed by atoms with van der Waals surface area (Å²) < 4.78 is 0. The van der Waals surface area contributed by atoms with Crippen molar-refractivity contribution in [3.8, 4) is 0 Å². The van der Waals surface area contributed by atoms with Crippen LogP contribution in [0.5, 0.6) is 0 Å². The number of halogens is 2. The van der Waals surface area contributed by atoms with Gasteiger partial charge in [0, 0.05) is 11.9 Å². The molecule has 3 heteroatoms. The van der Waals surface area contributed by atoms with E-state index in [2.05, 4.69) is 33.0 Å². The fourth-order valence-corrected chi connectivity index (χ4v) is 1.41. The van der Waals surface area contributed by atoms with Crippen LogP contribution in [0, 0.1) is 11.8 Å². The van der Waals surface area contributed by atoms with Gasteiger partial charge in [0.25, 0.3) is 0 Å². The molecular formula is C10H23Cl2N. The second kappa shape index (κ2) is 9.11. The van der Waals surface area contributed by atoms with Gasteiger partial charge in [-0.25, -0.2) is 0 Å². The average Bonchev–Trinajstić information content (AvgIpc) is 1.97. The lowest BCUT2D eigenvalue weighted by atomic mass is 10.0. The lowest BCUT2D eigenvalue weighted by molar-refractivity contribution is 0.420. The fourth-order valence-electron chi connectivity index (χ4n) is 1.17. The molecule has 0 fully saturated rings. The molecule has 0 unspecified atom stereocenters. The smallest absolute Gasteiger partial charge is 0.0377 e. The van der Waals surface area contributed by atoms with E-state index in [1.165, 1.54) is 6.42 Å². The Hall–Kier alpha value is 0.540. The molecule has 1 N–H and O–H groups in total. The number of hydrogen-bond acceptors (Lipinski definition) is 1. The predicted octanol–water partition coefficient (Wildman–Crippen LogP) is 3.31. The molecule has 0 radical (unpaired) electrons. The van der Waals surface area contributed by atoms with Crippen LogP contribution in [-0.2, 0) is 0 Å². The molecular weight excluding hydrogens is 205 g/mol. The van der Waals surface area contributed by atoms with Crippen LogP contribution in [0.25, 0.3) is 0 Å². The van der Waals surface area contributed by atoms with Gasteiger partial charge in [-0.15, -0.1) is 24.0 Å². The minimum absolute atomic E-state index is 0. The van der Waals surface area contributed by atoms with Gasteiger partial charge in [-0.2, -0.15) is 0 Å². The van der Waals surface area contributed by atoms with Crippen molar-refractivity contribution < 1.29 is 0 Å². The van der Waals surface area contributed by atoms with Crippen LogP contribution in [0.15, 0.2) is 0 Å². The number of alkyl halides is 1.